The van der Waals surface area contributed by atoms with Gasteiger partial charge in [0.05, 0.1) is 12.4 Å². The highest BCUT2D eigenvalue weighted by Gasteiger charge is 2.38. The number of nitrogens with one attached hydrogen (secondary N) is 1. The van der Waals surface area contributed by atoms with Gasteiger partial charge in [0.2, 0.25) is 5.91 Å². The molecule has 2 aromatic rings. The molecule has 5 nitrogen and oxygen atoms in total. The number of thioether (sulfide) groups is 1. The van der Waals surface area contributed by atoms with Gasteiger partial charge in [-0.1, -0.05) is 12.1 Å². The molecule has 0 fully saturated rings. The van der Waals surface area contributed by atoms with Crippen LogP contribution < -0.4 is 10.1 Å². The van der Waals surface area contributed by atoms with Crippen molar-refractivity contribution in [2.24, 2.45) is 0 Å². The van der Waals surface area contributed by atoms with Crippen LogP contribution in [0.15, 0.2) is 53.4 Å². The van der Waals surface area contributed by atoms with Gasteiger partial charge >= 0.3 is 5.97 Å². The van der Waals surface area contributed by atoms with E-state index in [9.17, 15) is 19.1 Å². The van der Waals surface area contributed by atoms with Crippen LogP contribution in [0.25, 0.3) is 0 Å². The zero-order chi connectivity index (χ0) is 19.3. The number of methoxy groups -OCH3 is 1. The Labute approximate surface area is 155 Å². The molecule has 26 heavy (non-hydrogen) atoms. The molecule has 0 aromatic heterocycles. The maximum Gasteiger partial charge on any atom is 0.333 e. The molecule has 138 valence electrons. The molecule has 2 rings (SSSR count). The number of halogens is 1. The zero-order valence-corrected chi connectivity index (χ0v) is 15.5. The number of benzene rings is 2. The van der Waals surface area contributed by atoms with E-state index in [1.807, 2.05) is 12.1 Å². The summed E-state index contributed by atoms with van der Waals surface area (Å²) in [4.78, 5) is 25.2. The van der Waals surface area contributed by atoms with Crippen molar-refractivity contribution in [1.29, 1.82) is 0 Å². The summed E-state index contributed by atoms with van der Waals surface area (Å²) in [5, 5.41) is 11.6. The quantitative estimate of drug-likeness (QED) is 0.723. The Kier molecular flexibility index (Phi) is 6.26. The second-order valence-corrected chi connectivity index (χ2v) is 7.28. The van der Waals surface area contributed by atoms with Crippen molar-refractivity contribution >= 4 is 23.6 Å². The van der Waals surface area contributed by atoms with Gasteiger partial charge in [-0.2, -0.15) is 0 Å². The summed E-state index contributed by atoms with van der Waals surface area (Å²) in [5.41, 5.74) is -1.36. The maximum absolute atomic E-state index is 13.1. The summed E-state index contributed by atoms with van der Waals surface area (Å²) in [6.07, 6.45) is 0. The van der Waals surface area contributed by atoms with E-state index in [1.165, 1.54) is 30.8 Å². The molecule has 0 aliphatic carbocycles. The average Bonchev–Trinajstić information content (AvgIpc) is 2.62. The average molecular weight is 377 g/mol. The summed E-state index contributed by atoms with van der Waals surface area (Å²) in [7, 11) is 1.57. The van der Waals surface area contributed by atoms with Crippen LogP contribution in [0.2, 0.25) is 0 Å². The lowest BCUT2D eigenvalue weighted by Crippen LogP contribution is -2.51. The lowest BCUT2D eigenvalue weighted by Gasteiger charge is -2.28. The van der Waals surface area contributed by atoms with E-state index >= 15 is 0 Å². The standard InChI is InChI=1S/C19H20FNO4S/c1-12(26-16-10-8-15(25-3)9-11-16)17(22)21-19(2,18(23)24)13-4-6-14(20)7-5-13/h4-12H,1-3H3,(H,21,22)(H,23,24). The molecular formula is C19H20FNO4S. The molecule has 2 N–H and O–H groups in total. The van der Waals surface area contributed by atoms with Crippen LogP contribution in [0, 0.1) is 5.82 Å². The molecule has 0 spiro atoms. The molecule has 0 saturated heterocycles. The Morgan fingerprint density at radius 1 is 1.15 bits per heavy atom. The fraction of sp³-hybridized carbons (Fsp3) is 0.263. The minimum Gasteiger partial charge on any atom is -0.497 e. The molecule has 0 bridgehead atoms. The second-order valence-electron chi connectivity index (χ2n) is 5.86. The monoisotopic (exact) mass is 377 g/mol. The Bertz CT molecular complexity index is 779. The first-order chi connectivity index (χ1) is 12.3. The summed E-state index contributed by atoms with van der Waals surface area (Å²) in [6, 6.07) is 12.2. The van der Waals surface area contributed by atoms with Crippen molar-refractivity contribution in [2.75, 3.05) is 7.11 Å². The Hall–Kier alpha value is -2.54. The lowest BCUT2D eigenvalue weighted by molar-refractivity contribution is -0.147. The molecule has 2 unspecified atom stereocenters. The first kappa shape index (κ1) is 19.8. The van der Waals surface area contributed by atoms with Gasteiger partial charge in [-0.05, 0) is 55.8 Å². The van der Waals surface area contributed by atoms with Gasteiger partial charge in [0.15, 0.2) is 5.54 Å². The fourth-order valence-electron chi connectivity index (χ4n) is 2.29. The lowest BCUT2D eigenvalue weighted by atomic mass is 9.92. The van der Waals surface area contributed by atoms with Crippen molar-refractivity contribution in [3.8, 4) is 5.75 Å². The molecule has 2 atom stereocenters. The maximum atomic E-state index is 13.1. The first-order valence-corrected chi connectivity index (χ1v) is 8.76. The summed E-state index contributed by atoms with van der Waals surface area (Å²) < 4.78 is 18.2. The Balaban J connectivity index is 2.13. The highest BCUT2D eigenvalue weighted by molar-refractivity contribution is 8.00. The number of hydrogen-bond acceptors (Lipinski definition) is 4. The summed E-state index contributed by atoms with van der Waals surface area (Å²) in [6.45, 7) is 3.07. The topological polar surface area (TPSA) is 75.6 Å². The number of hydrogen-bond donors (Lipinski definition) is 2. The van der Waals surface area contributed by atoms with Crippen LogP contribution in [-0.4, -0.2) is 29.3 Å². The number of amides is 1. The van der Waals surface area contributed by atoms with E-state index < -0.39 is 28.5 Å². The number of aliphatic carboxylic acids is 1. The second kappa shape index (κ2) is 8.23. The molecule has 2 aromatic carbocycles. The van der Waals surface area contributed by atoms with Crippen molar-refractivity contribution in [1.82, 2.24) is 5.32 Å². The van der Waals surface area contributed by atoms with Crippen LogP contribution >= 0.6 is 11.8 Å². The number of carbonyl (C=O) groups excluding carboxylic acids is 1. The highest BCUT2D eigenvalue weighted by Crippen LogP contribution is 2.27. The van der Waals surface area contributed by atoms with Gasteiger partial charge in [0.25, 0.3) is 0 Å². The van der Waals surface area contributed by atoms with E-state index in [2.05, 4.69) is 5.32 Å². The van der Waals surface area contributed by atoms with E-state index in [1.54, 1.807) is 26.2 Å². The molecule has 1 amide bonds. The van der Waals surface area contributed by atoms with E-state index in [-0.39, 0.29) is 0 Å². The van der Waals surface area contributed by atoms with E-state index in [4.69, 9.17) is 4.74 Å². The number of carboxylic acid groups (broad SMARTS) is 1. The molecular weight excluding hydrogens is 357 g/mol. The van der Waals surface area contributed by atoms with Crippen LogP contribution in [0.1, 0.15) is 19.4 Å². The molecule has 0 aliphatic rings. The van der Waals surface area contributed by atoms with Crippen molar-refractivity contribution < 1.29 is 23.8 Å². The first-order valence-electron chi connectivity index (χ1n) is 7.88. The van der Waals surface area contributed by atoms with Crippen LogP contribution in [0.4, 0.5) is 4.39 Å². The number of ether oxygens (including phenoxy) is 1. The number of carbonyl (C=O) groups is 2. The molecule has 0 aliphatic heterocycles. The SMILES string of the molecule is COc1ccc(SC(C)C(=O)NC(C)(C(=O)O)c2ccc(F)cc2)cc1. The number of rotatable bonds is 7. The molecule has 0 saturated carbocycles. The van der Waals surface area contributed by atoms with Crippen LogP contribution in [-0.2, 0) is 15.1 Å². The Morgan fingerprint density at radius 2 is 1.73 bits per heavy atom. The van der Waals surface area contributed by atoms with Gasteiger partial charge in [-0.15, -0.1) is 11.8 Å². The largest absolute Gasteiger partial charge is 0.497 e. The fourth-order valence-corrected chi connectivity index (χ4v) is 3.16. The highest BCUT2D eigenvalue weighted by atomic mass is 32.2. The van der Waals surface area contributed by atoms with Gasteiger partial charge < -0.3 is 15.2 Å². The number of carboxylic acids is 1. The van der Waals surface area contributed by atoms with E-state index in [0.717, 1.165) is 17.0 Å². The normalized spacial score (nSPS) is 14.2. The predicted molar refractivity (Wildman–Crippen MR) is 97.8 cm³/mol. The molecule has 0 radical (unpaired) electrons. The van der Waals surface area contributed by atoms with E-state index in [0.29, 0.717) is 11.3 Å². The van der Waals surface area contributed by atoms with Crippen LogP contribution in [0.5, 0.6) is 5.75 Å². The van der Waals surface area contributed by atoms with Gasteiger partial charge in [-0.25, -0.2) is 9.18 Å². The third kappa shape index (κ3) is 4.54. The minimum atomic E-state index is -1.65. The summed E-state index contributed by atoms with van der Waals surface area (Å²) >= 11 is 1.30. The van der Waals surface area contributed by atoms with Gasteiger partial charge in [0.1, 0.15) is 11.6 Å². The van der Waals surface area contributed by atoms with Crippen LogP contribution in [0.3, 0.4) is 0 Å². The van der Waals surface area contributed by atoms with Crippen molar-refractivity contribution in [3.05, 3.63) is 59.9 Å². The third-order valence-corrected chi connectivity index (χ3v) is 5.08. The Morgan fingerprint density at radius 3 is 2.23 bits per heavy atom. The smallest absolute Gasteiger partial charge is 0.333 e. The zero-order valence-electron chi connectivity index (χ0n) is 14.7. The van der Waals surface area contributed by atoms with Crippen molar-refractivity contribution in [2.45, 2.75) is 29.5 Å². The predicted octanol–water partition coefficient (Wildman–Crippen LogP) is 3.43. The third-order valence-electron chi connectivity index (χ3n) is 3.96. The van der Waals surface area contributed by atoms with Crippen molar-refractivity contribution in [3.63, 3.8) is 0 Å². The molecule has 7 heteroatoms. The minimum absolute atomic E-state index is 0.293. The van der Waals surface area contributed by atoms with Gasteiger partial charge in [-0.3, -0.25) is 4.79 Å². The molecule has 0 heterocycles. The van der Waals surface area contributed by atoms with Gasteiger partial charge in [0, 0.05) is 4.90 Å². The summed E-state index contributed by atoms with van der Waals surface area (Å²) in [5.74, 6) is -1.42.